The van der Waals surface area contributed by atoms with Crippen molar-refractivity contribution in [2.24, 2.45) is 0 Å². The number of aromatic nitrogens is 2. The van der Waals surface area contributed by atoms with E-state index in [2.05, 4.69) is 36.9 Å². The Morgan fingerprint density at radius 1 is 1.04 bits per heavy atom. The second-order valence-corrected chi connectivity index (χ2v) is 7.34. The molecule has 6 heteroatoms. The van der Waals surface area contributed by atoms with E-state index in [9.17, 15) is 9.18 Å². The van der Waals surface area contributed by atoms with Crippen molar-refractivity contribution in [3.8, 4) is 0 Å². The first-order valence-corrected chi connectivity index (χ1v) is 9.60. The predicted molar refractivity (Wildman–Crippen MR) is 111 cm³/mol. The molecule has 4 rings (SSSR count). The van der Waals surface area contributed by atoms with Gasteiger partial charge in [-0.15, -0.1) is 0 Å². The molecule has 0 aliphatic carbocycles. The van der Waals surface area contributed by atoms with Gasteiger partial charge in [-0.25, -0.2) is 9.37 Å². The van der Waals surface area contributed by atoms with Gasteiger partial charge in [0.1, 0.15) is 5.82 Å². The summed E-state index contributed by atoms with van der Waals surface area (Å²) >= 11 is 3.28. The summed E-state index contributed by atoms with van der Waals surface area (Å²) in [6.45, 7) is 1.10. The average molecular weight is 438 g/mol. The molecule has 0 unspecified atom stereocenters. The Kier molecular flexibility index (Phi) is 5.21. The largest absolute Gasteiger partial charge is 0.348 e. The van der Waals surface area contributed by atoms with Crippen LogP contribution >= 0.6 is 15.9 Å². The van der Waals surface area contributed by atoms with Crippen LogP contribution in [0.25, 0.3) is 11.0 Å². The number of carbonyl (C=O) groups excluding carboxylic acids is 1. The van der Waals surface area contributed by atoms with Gasteiger partial charge >= 0.3 is 0 Å². The van der Waals surface area contributed by atoms with Gasteiger partial charge in [-0.2, -0.15) is 0 Å². The number of fused-ring (bicyclic) bond motifs is 1. The molecule has 4 aromatic rings. The molecule has 1 aromatic heterocycles. The Balaban J connectivity index is 1.41. The van der Waals surface area contributed by atoms with Crippen LogP contribution in [0.3, 0.4) is 0 Å². The quantitative estimate of drug-likeness (QED) is 0.481. The van der Waals surface area contributed by atoms with Crippen molar-refractivity contribution in [1.29, 1.82) is 0 Å². The molecule has 0 saturated carbocycles. The molecular formula is C22H17BrFN3O. The topological polar surface area (TPSA) is 46.9 Å². The lowest BCUT2D eigenvalue weighted by atomic mass is 10.1. The highest BCUT2D eigenvalue weighted by molar-refractivity contribution is 9.10. The second-order valence-electron chi connectivity index (χ2n) is 6.48. The Morgan fingerprint density at radius 3 is 2.61 bits per heavy atom. The van der Waals surface area contributed by atoms with Crippen LogP contribution in [0, 0.1) is 5.82 Å². The highest BCUT2D eigenvalue weighted by atomic mass is 79.9. The summed E-state index contributed by atoms with van der Waals surface area (Å²) in [5.74, 6) is -0.759. The van der Waals surface area contributed by atoms with Gasteiger partial charge in [0.05, 0.1) is 22.9 Å². The minimum Gasteiger partial charge on any atom is -0.348 e. The fourth-order valence-corrected chi connectivity index (χ4v) is 3.47. The number of hydrogen-bond donors (Lipinski definition) is 1. The molecule has 1 amide bonds. The van der Waals surface area contributed by atoms with E-state index in [1.165, 1.54) is 18.2 Å². The van der Waals surface area contributed by atoms with E-state index < -0.39 is 5.82 Å². The summed E-state index contributed by atoms with van der Waals surface area (Å²) in [6.07, 6.45) is 1.84. The smallest absolute Gasteiger partial charge is 0.252 e. The number of nitrogens with one attached hydrogen (secondary N) is 1. The van der Waals surface area contributed by atoms with Gasteiger partial charge in [0, 0.05) is 17.6 Å². The minimum absolute atomic E-state index is 0.281. The van der Waals surface area contributed by atoms with Crippen molar-refractivity contribution >= 4 is 32.9 Å². The zero-order chi connectivity index (χ0) is 19.5. The summed E-state index contributed by atoms with van der Waals surface area (Å²) in [7, 11) is 0. The highest BCUT2D eigenvalue weighted by Gasteiger charge is 2.11. The Labute approximate surface area is 170 Å². The van der Waals surface area contributed by atoms with Crippen LogP contribution in [0.5, 0.6) is 0 Å². The molecule has 0 spiro atoms. The molecule has 4 nitrogen and oxygen atoms in total. The van der Waals surface area contributed by atoms with Crippen LogP contribution < -0.4 is 5.32 Å². The van der Waals surface area contributed by atoms with Crippen molar-refractivity contribution in [2.75, 3.05) is 0 Å². The van der Waals surface area contributed by atoms with Gasteiger partial charge in [0.15, 0.2) is 0 Å². The maximum atomic E-state index is 13.4. The van der Waals surface area contributed by atoms with E-state index in [1.807, 2.05) is 48.8 Å². The molecule has 0 atom stereocenters. The third-order valence-corrected chi connectivity index (χ3v) is 5.22. The number of benzene rings is 3. The van der Waals surface area contributed by atoms with Gasteiger partial charge in [-0.05, 0) is 57.4 Å². The van der Waals surface area contributed by atoms with Crippen molar-refractivity contribution in [3.05, 3.63) is 100 Å². The van der Waals surface area contributed by atoms with Gasteiger partial charge < -0.3 is 9.88 Å². The monoisotopic (exact) mass is 437 g/mol. The predicted octanol–water partition coefficient (Wildman–Crippen LogP) is 4.92. The van der Waals surface area contributed by atoms with Crippen LogP contribution in [-0.2, 0) is 13.1 Å². The zero-order valence-electron chi connectivity index (χ0n) is 14.9. The molecule has 0 fully saturated rings. The number of nitrogens with zero attached hydrogens (tertiary/aromatic N) is 2. The number of halogens is 2. The van der Waals surface area contributed by atoms with E-state index in [4.69, 9.17) is 0 Å². The van der Waals surface area contributed by atoms with Crippen LogP contribution in [0.2, 0.25) is 0 Å². The van der Waals surface area contributed by atoms with Gasteiger partial charge in [0.2, 0.25) is 0 Å². The lowest BCUT2D eigenvalue weighted by Crippen LogP contribution is -2.23. The fraction of sp³-hybridized carbons (Fsp3) is 0.0909. The summed E-state index contributed by atoms with van der Waals surface area (Å²) < 4.78 is 16.0. The molecule has 1 N–H and O–H groups in total. The standard InChI is InChI=1S/C22H17BrFN3O/c23-19-10-9-17(24)11-18(19)22(28)25-12-15-5-7-16(8-6-15)13-27-14-26-20-3-1-2-4-21(20)27/h1-11,14H,12-13H2,(H,25,28). The fourth-order valence-electron chi connectivity index (χ4n) is 3.04. The van der Waals surface area contributed by atoms with Crippen molar-refractivity contribution in [3.63, 3.8) is 0 Å². The van der Waals surface area contributed by atoms with Crippen molar-refractivity contribution in [2.45, 2.75) is 13.1 Å². The second kappa shape index (κ2) is 7.94. The summed E-state index contributed by atoms with van der Waals surface area (Å²) in [4.78, 5) is 16.7. The number of carbonyl (C=O) groups is 1. The number of amides is 1. The lowest BCUT2D eigenvalue weighted by molar-refractivity contribution is 0.0949. The summed E-state index contributed by atoms with van der Waals surface area (Å²) in [5.41, 5.74) is 4.47. The number of para-hydroxylation sites is 2. The van der Waals surface area contributed by atoms with Crippen LogP contribution in [-0.4, -0.2) is 15.5 Å². The molecule has 0 bridgehead atoms. The molecule has 0 aliphatic rings. The minimum atomic E-state index is -0.440. The first kappa shape index (κ1) is 18.4. The first-order chi connectivity index (χ1) is 13.6. The van der Waals surface area contributed by atoms with Gasteiger partial charge in [-0.3, -0.25) is 4.79 Å². The van der Waals surface area contributed by atoms with Crippen molar-refractivity contribution < 1.29 is 9.18 Å². The third-order valence-electron chi connectivity index (χ3n) is 4.53. The average Bonchev–Trinajstić information content (AvgIpc) is 3.12. The summed E-state index contributed by atoms with van der Waals surface area (Å²) in [6, 6.07) is 20.1. The molecule has 0 aliphatic heterocycles. The molecule has 3 aromatic carbocycles. The van der Waals surface area contributed by atoms with E-state index >= 15 is 0 Å². The number of rotatable bonds is 5. The summed E-state index contributed by atoms with van der Waals surface area (Å²) in [5, 5.41) is 2.82. The maximum Gasteiger partial charge on any atom is 0.252 e. The van der Waals surface area contributed by atoms with E-state index in [1.54, 1.807) is 0 Å². The van der Waals surface area contributed by atoms with Crippen LogP contribution in [0.4, 0.5) is 4.39 Å². The molecular weight excluding hydrogens is 421 g/mol. The lowest BCUT2D eigenvalue weighted by Gasteiger charge is -2.09. The van der Waals surface area contributed by atoms with E-state index in [0.29, 0.717) is 11.0 Å². The number of hydrogen-bond acceptors (Lipinski definition) is 2. The molecule has 140 valence electrons. The molecule has 1 heterocycles. The first-order valence-electron chi connectivity index (χ1n) is 8.81. The molecule has 0 radical (unpaired) electrons. The Bertz CT molecular complexity index is 1140. The van der Waals surface area contributed by atoms with Gasteiger partial charge in [-0.1, -0.05) is 36.4 Å². The van der Waals surface area contributed by atoms with Gasteiger partial charge in [0.25, 0.3) is 5.91 Å². The molecule has 28 heavy (non-hydrogen) atoms. The Hall–Kier alpha value is -2.99. The van der Waals surface area contributed by atoms with Crippen LogP contribution in [0.15, 0.2) is 77.5 Å². The number of imidazole rings is 1. The SMILES string of the molecule is O=C(NCc1ccc(Cn2cnc3ccccc32)cc1)c1cc(F)ccc1Br. The van der Waals surface area contributed by atoms with Crippen LogP contribution in [0.1, 0.15) is 21.5 Å². The van der Waals surface area contributed by atoms with E-state index in [-0.39, 0.29) is 11.5 Å². The van der Waals surface area contributed by atoms with Crippen molar-refractivity contribution in [1.82, 2.24) is 14.9 Å². The molecule has 0 saturated heterocycles. The van der Waals surface area contributed by atoms with E-state index in [0.717, 1.165) is 28.7 Å². The Morgan fingerprint density at radius 2 is 1.79 bits per heavy atom. The third kappa shape index (κ3) is 3.97. The zero-order valence-corrected chi connectivity index (χ0v) is 16.5. The highest BCUT2D eigenvalue weighted by Crippen LogP contribution is 2.18. The normalized spacial score (nSPS) is 10.9. The maximum absolute atomic E-state index is 13.4.